The molecule has 5 rings (SSSR count). The molecule has 4 aromatic heterocycles. The Morgan fingerprint density at radius 3 is 2.06 bits per heavy atom. The van der Waals surface area contributed by atoms with E-state index in [2.05, 4.69) is 34.5 Å². The molecule has 62 heavy (non-hydrogen) atoms. The Labute approximate surface area is 372 Å². The molecular weight excluding hydrogens is 947 g/mol. The number of nitrogens with one attached hydrogen (secondary N) is 3. The first kappa shape index (κ1) is 51.4. The number of aromatic carboxylic acids is 2. The van der Waals surface area contributed by atoms with Crippen molar-refractivity contribution < 1.29 is 71.1 Å². The zero-order valence-electron chi connectivity index (χ0n) is 31.8. The maximum Gasteiger partial charge on any atom is 3.00 e. The van der Waals surface area contributed by atoms with Gasteiger partial charge in [-0.2, -0.15) is 6.20 Å². The molecule has 0 unspecified atom stereocenters. The molecule has 0 bridgehead atoms. The number of hydrogen-bond donors (Lipinski definition) is 4. The fraction of sp³-hybridized carbons (Fsp3) is 0.122. The monoisotopic (exact) mass is 978 g/mol. The smallest absolute Gasteiger partial charge is 0.705 e. The standard InChI is InChI=1S/C22H17F5N3S.C18H14N3O6.CHNS.Ru/c1-2-3-4-12-6-8-16(31-12)11-5-7-15(30-10-11)13(28)9-14(29)17-18(23)20(25)22(27)21(26)19(17)24;19-5-3-10(16(22)23)1-2-13-7-12(18(26)27)9-15(21-13)14-8-11(17(24)25)4-6-20-14;2-1-3;/h5-10,28-29H,2-4H2,1H3;1,3-9,19H,2H2,(H,22,23)(H,24,25)(H,26,27);3H;/q2*-1;;+3/p-1/b13-9-,29-14?;5-3-,10-1+;;. The number of aliphatic carboxylic acids is 1. The Morgan fingerprint density at radius 2 is 1.52 bits per heavy atom. The summed E-state index contributed by atoms with van der Waals surface area (Å²) in [5.74, 6) is -14.4. The predicted octanol–water partition coefficient (Wildman–Crippen LogP) is 9.98. The third-order valence-electron chi connectivity index (χ3n) is 7.97. The van der Waals surface area contributed by atoms with E-state index in [4.69, 9.17) is 32.4 Å². The van der Waals surface area contributed by atoms with E-state index in [1.54, 1.807) is 17.4 Å². The predicted molar refractivity (Wildman–Crippen MR) is 219 cm³/mol. The number of aryl methyl sites for hydroxylation is 1. The topological polar surface area (TPSA) is 246 Å². The molecule has 0 amide bonds. The van der Waals surface area contributed by atoms with Gasteiger partial charge in [0.25, 0.3) is 0 Å². The van der Waals surface area contributed by atoms with Gasteiger partial charge in [0.2, 0.25) is 5.82 Å². The second kappa shape index (κ2) is 24.5. The molecule has 0 saturated heterocycles. The molecule has 21 heteroatoms. The Kier molecular flexibility index (Phi) is 20.3. The van der Waals surface area contributed by atoms with Crippen molar-refractivity contribution in [1.29, 1.82) is 10.7 Å². The fourth-order valence-corrected chi connectivity index (χ4v) is 6.07. The first-order valence-electron chi connectivity index (χ1n) is 17.3. The number of aromatic nitrogens is 3. The quantitative estimate of drug-likeness (QED) is 0.00938. The first-order valence-corrected chi connectivity index (χ1v) is 18.5. The summed E-state index contributed by atoms with van der Waals surface area (Å²) in [5.41, 5.74) is 13.3. The number of hydrogen-bond acceptors (Lipinski definition) is 10. The molecule has 0 aliphatic heterocycles. The van der Waals surface area contributed by atoms with E-state index in [0.29, 0.717) is 6.08 Å². The molecule has 0 spiro atoms. The number of carboxylic acids is 3. The zero-order chi connectivity index (χ0) is 45.4. The van der Waals surface area contributed by atoms with Crippen LogP contribution in [-0.2, 0) is 49.7 Å². The minimum atomic E-state index is -2.30. The van der Waals surface area contributed by atoms with Crippen LogP contribution in [0.3, 0.4) is 0 Å². The number of thiophene rings is 1. The number of nitrogens with zero attached hydrogens (tertiary/aromatic N) is 4. The van der Waals surface area contributed by atoms with Gasteiger partial charge in [0, 0.05) is 45.5 Å². The summed E-state index contributed by atoms with van der Waals surface area (Å²) in [6, 6.07) is 12.3. The molecule has 0 atom stereocenters. The van der Waals surface area contributed by atoms with Crippen LogP contribution in [0.2, 0.25) is 0 Å². The summed E-state index contributed by atoms with van der Waals surface area (Å²) >= 11 is 5.33. The number of pyridine rings is 3. The molecule has 1 radical (unpaired) electrons. The summed E-state index contributed by atoms with van der Waals surface area (Å²) < 4.78 is 67.6. The van der Waals surface area contributed by atoms with Crippen LogP contribution in [0.1, 0.15) is 62.3 Å². The second-order valence-electron chi connectivity index (χ2n) is 12.1. The van der Waals surface area contributed by atoms with Crippen molar-refractivity contribution in [1.82, 2.24) is 15.0 Å². The Balaban J connectivity index is 0.000000399. The van der Waals surface area contributed by atoms with Crippen LogP contribution in [0.15, 0.2) is 90.9 Å². The number of carboxylic acid groups (broad SMARTS) is 3. The van der Waals surface area contributed by atoms with Crippen LogP contribution >= 0.6 is 11.3 Å². The van der Waals surface area contributed by atoms with Gasteiger partial charge < -0.3 is 44.8 Å². The van der Waals surface area contributed by atoms with Gasteiger partial charge in [-0.1, -0.05) is 30.9 Å². The molecule has 0 saturated carbocycles. The number of unbranched alkanes of at least 4 members (excludes halogenated alkanes) is 1. The number of halogens is 5. The number of nitriles is 1. The number of benzene rings is 1. The minimum Gasteiger partial charge on any atom is -0.705 e. The molecule has 0 aliphatic rings. The minimum absolute atomic E-state index is 0. The number of thiocyanates is 1. The molecule has 321 valence electrons. The third kappa shape index (κ3) is 13.9. The van der Waals surface area contributed by atoms with E-state index in [1.807, 2.05) is 12.1 Å². The van der Waals surface area contributed by atoms with E-state index in [1.165, 1.54) is 59.1 Å². The maximum atomic E-state index is 13.9. The molecule has 13 nitrogen and oxygen atoms in total. The van der Waals surface area contributed by atoms with E-state index < -0.39 is 64.0 Å². The van der Waals surface area contributed by atoms with E-state index in [0.717, 1.165) is 42.0 Å². The molecule has 0 fully saturated rings. The van der Waals surface area contributed by atoms with Crippen LogP contribution in [0.25, 0.3) is 39.0 Å². The van der Waals surface area contributed by atoms with Crippen LogP contribution in [0.4, 0.5) is 22.0 Å². The summed E-state index contributed by atoms with van der Waals surface area (Å²) in [6.07, 6.45) is 9.88. The zero-order valence-corrected chi connectivity index (χ0v) is 35.2. The van der Waals surface area contributed by atoms with Crippen LogP contribution in [-0.4, -0.2) is 53.9 Å². The second-order valence-corrected chi connectivity index (χ2v) is 13.4. The normalized spacial score (nSPS) is 11.0. The van der Waals surface area contributed by atoms with Crippen molar-refractivity contribution in [3.05, 3.63) is 164 Å². The van der Waals surface area contributed by atoms with Crippen molar-refractivity contribution in [2.45, 2.75) is 32.6 Å². The summed E-state index contributed by atoms with van der Waals surface area (Å²) in [4.78, 5) is 48.2. The average Bonchev–Trinajstić information content (AvgIpc) is 3.72. The van der Waals surface area contributed by atoms with Crippen molar-refractivity contribution in [3.8, 4) is 27.2 Å². The summed E-state index contributed by atoms with van der Waals surface area (Å²) in [6.45, 7) is 2.12. The number of carbonyl (C=O) groups is 3. The van der Waals surface area contributed by atoms with E-state index in [9.17, 15) is 41.4 Å². The van der Waals surface area contributed by atoms with Crippen LogP contribution in [0.5, 0.6) is 0 Å². The first-order chi connectivity index (χ1) is 29.0. The third-order valence-corrected chi connectivity index (χ3v) is 9.16. The van der Waals surface area contributed by atoms with Gasteiger partial charge in [0.1, 0.15) is 0 Å². The van der Waals surface area contributed by atoms with Crippen LogP contribution < -0.4 is 0 Å². The molecule has 6 N–H and O–H groups in total. The van der Waals surface area contributed by atoms with Crippen molar-refractivity contribution >= 4 is 53.3 Å². The van der Waals surface area contributed by atoms with E-state index in [-0.39, 0.29) is 65.4 Å². The van der Waals surface area contributed by atoms with Gasteiger partial charge in [0.05, 0.1) is 39.4 Å². The fourth-order valence-electron chi connectivity index (χ4n) is 5.03. The van der Waals surface area contributed by atoms with E-state index >= 15 is 0 Å². The van der Waals surface area contributed by atoms with Crippen molar-refractivity contribution in [2.75, 3.05) is 0 Å². The van der Waals surface area contributed by atoms with Crippen molar-refractivity contribution in [2.24, 2.45) is 0 Å². The van der Waals surface area contributed by atoms with Gasteiger partial charge in [-0.3, -0.25) is 15.0 Å². The van der Waals surface area contributed by atoms with Gasteiger partial charge in [-0.05, 0) is 67.4 Å². The largest absolute Gasteiger partial charge is 3.00 e. The molecule has 5 aromatic rings. The average molecular weight is 978 g/mol. The SMILES string of the molecule is CCCCc1ccc(-c2ccc(/C([NH-])=C/C(=N)c3c(F)c(F)c(F)c(F)c3F)nc2)s1.N#C[S-].[NH-]/C=C\C(=C/Cc1cc(C(=O)O)cc(-c2cc(C(=O)O)ccn2)n1)C(=O)O.[Ru+3]. The van der Waals surface area contributed by atoms with Gasteiger partial charge in [-0.25, -0.2) is 41.6 Å². The molecule has 0 aliphatic carbocycles. The van der Waals surface area contributed by atoms with Gasteiger partial charge in [0.15, 0.2) is 23.3 Å². The summed E-state index contributed by atoms with van der Waals surface area (Å²) in [7, 11) is 0. The Morgan fingerprint density at radius 1 is 0.903 bits per heavy atom. The Bertz CT molecular complexity index is 2550. The molecule has 1 aromatic carbocycles. The number of allylic oxidation sites excluding steroid dienone is 2. The summed E-state index contributed by atoms with van der Waals surface area (Å²) in [5, 5.41) is 43.6. The van der Waals surface area contributed by atoms with Crippen LogP contribution in [0, 0.1) is 45.2 Å². The number of rotatable bonds is 14. The van der Waals surface area contributed by atoms with Gasteiger partial charge >= 0.3 is 37.4 Å². The maximum absolute atomic E-state index is 13.9. The van der Waals surface area contributed by atoms with Gasteiger partial charge in [-0.15, -0.1) is 17.0 Å². The Hall–Kier alpha value is -6.75. The molecule has 4 heterocycles. The molecular formula is C41H31F5N7O6RuS2. The van der Waals surface area contributed by atoms with Crippen molar-refractivity contribution in [3.63, 3.8) is 0 Å².